The Labute approximate surface area is 86.3 Å². The van der Waals surface area contributed by atoms with Gasteiger partial charge in [-0.3, -0.25) is 9.05 Å². The molecule has 0 aliphatic rings. The molecule has 0 aliphatic heterocycles. The molecule has 6 nitrogen and oxygen atoms in total. The molecule has 1 N–H and O–H groups in total. The average molecular weight is 242 g/mol. The van der Waals surface area contributed by atoms with E-state index in [-0.39, 0.29) is 19.8 Å². The van der Waals surface area contributed by atoms with Gasteiger partial charge in [0.1, 0.15) is 6.61 Å². The minimum absolute atomic E-state index is 0.00878. The van der Waals surface area contributed by atoms with Crippen LogP contribution in [0.5, 0.6) is 0 Å². The Kier molecular flexibility index (Phi) is 6.35. The van der Waals surface area contributed by atoms with Crippen LogP contribution >= 0.6 is 7.82 Å². The van der Waals surface area contributed by atoms with Gasteiger partial charge in [0.25, 0.3) is 0 Å². The van der Waals surface area contributed by atoms with Crippen molar-refractivity contribution in [1.29, 1.82) is 0 Å². The topological polar surface area (TPSA) is 82.1 Å². The Hall–Kier alpha value is -0.750. The van der Waals surface area contributed by atoms with Gasteiger partial charge in [0.05, 0.1) is 13.2 Å². The minimum Gasteiger partial charge on any atom is -0.458 e. The summed E-state index contributed by atoms with van der Waals surface area (Å²) in [6.07, 6.45) is 0. The quantitative estimate of drug-likeness (QED) is 0.312. The van der Waals surface area contributed by atoms with E-state index in [0.29, 0.717) is 0 Å². The lowest BCUT2D eigenvalue weighted by Gasteiger charge is -2.10. The number of hydrogen-bond acceptors (Lipinski definition) is 5. The first-order chi connectivity index (χ1) is 6.89. The molecule has 0 aliphatic carbocycles. The molecule has 0 radical (unpaired) electrons. The summed E-state index contributed by atoms with van der Waals surface area (Å²) < 4.78 is 35.9. The van der Waals surface area contributed by atoms with Crippen molar-refractivity contribution in [3.05, 3.63) is 12.4 Å². The fourth-order valence-corrected chi connectivity index (χ4v) is 1.27. The van der Waals surface area contributed by atoms with Gasteiger partial charge in [-0.2, -0.15) is 4.39 Å². The van der Waals surface area contributed by atoms with Crippen LogP contribution in [0.2, 0.25) is 0 Å². The Balaban J connectivity index is 3.67. The third-order valence-electron chi connectivity index (χ3n) is 1.08. The second-order valence-electron chi connectivity index (χ2n) is 2.26. The van der Waals surface area contributed by atoms with Gasteiger partial charge in [-0.15, -0.1) is 0 Å². The summed E-state index contributed by atoms with van der Waals surface area (Å²) in [4.78, 5) is 19.3. The molecule has 88 valence electrons. The minimum atomic E-state index is -4.08. The number of phosphoric acid groups is 1. The van der Waals surface area contributed by atoms with Crippen LogP contribution in [0.25, 0.3) is 0 Å². The monoisotopic (exact) mass is 242 g/mol. The number of phosphoric ester groups is 1. The fourth-order valence-electron chi connectivity index (χ4n) is 0.566. The highest BCUT2D eigenvalue weighted by atomic mass is 31.2. The van der Waals surface area contributed by atoms with Crippen molar-refractivity contribution in [3.8, 4) is 0 Å². The number of carbonyl (C=O) groups is 1. The van der Waals surface area contributed by atoms with E-state index >= 15 is 0 Å². The molecule has 15 heavy (non-hydrogen) atoms. The highest BCUT2D eigenvalue weighted by molar-refractivity contribution is 7.47. The van der Waals surface area contributed by atoms with Gasteiger partial charge in [0.15, 0.2) is 0 Å². The Morgan fingerprint density at radius 3 is 2.53 bits per heavy atom. The van der Waals surface area contributed by atoms with Crippen LogP contribution in [0.4, 0.5) is 4.39 Å². The molecule has 0 aromatic carbocycles. The molecule has 0 heterocycles. The van der Waals surface area contributed by atoms with Gasteiger partial charge in [0.2, 0.25) is 5.83 Å². The molecule has 0 bridgehead atoms. The van der Waals surface area contributed by atoms with Crippen molar-refractivity contribution >= 4 is 13.8 Å². The number of hydrogen-bond donors (Lipinski definition) is 1. The van der Waals surface area contributed by atoms with Crippen LogP contribution < -0.4 is 0 Å². The number of esters is 1. The summed E-state index contributed by atoms with van der Waals surface area (Å²) in [5.74, 6) is -2.48. The van der Waals surface area contributed by atoms with Crippen LogP contribution in [0, 0.1) is 0 Å². The predicted octanol–water partition coefficient (Wildman–Crippen LogP) is 1.17. The van der Waals surface area contributed by atoms with Gasteiger partial charge < -0.3 is 9.63 Å². The van der Waals surface area contributed by atoms with Crippen LogP contribution in [0.3, 0.4) is 0 Å². The van der Waals surface area contributed by atoms with Crippen molar-refractivity contribution in [2.24, 2.45) is 0 Å². The molecule has 0 aromatic rings. The second kappa shape index (κ2) is 6.68. The van der Waals surface area contributed by atoms with E-state index in [2.05, 4.69) is 20.4 Å². The van der Waals surface area contributed by atoms with Crippen LogP contribution in [-0.4, -0.2) is 30.7 Å². The zero-order valence-electron chi connectivity index (χ0n) is 8.14. The summed E-state index contributed by atoms with van der Waals surface area (Å²) in [5, 5.41) is 0. The average Bonchev–Trinajstić information content (AvgIpc) is 2.11. The highest BCUT2D eigenvalue weighted by Gasteiger charge is 2.19. The first kappa shape index (κ1) is 14.2. The lowest BCUT2D eigenvalue weighted by atomic mass is 10.6. The highest BCUT2D eigenvalue weighted by Crippen LogP contribution is 2.42. The molecular formula is C7H12FO6P. The zero-order valence-corrected chi connectivity index (χ0v) is 9.04. The van der Waals surface area contributed by atoms with Gasteiger partial charge >= 0.3 is 13.8 Å². The van der Waals surface area contributed by atoms with Crippen molar-refractivity contribution < 1.29 is 32.4 Å². The molecule has 0 saturated heterocycles. The molecule has 0 saturated carbocycles. The molecular weight excluding hydrogens is 230 g/mol. The summed E-state index contributed by atoms with van der Waals surface area (Å²) in [6, 6.07) is 0. The summed E-state index contributed by atoms with van der Waals surface area (Å²) in [7, 11) is -4.08. The third-order valence-corrected chi connectivity index (χ3v) is 2.18. The van der Waals surface area contributed by atoms with Gasteiger partial charge in [-0.1, -0.05) is 6.58 Å². The molecule has 0 amide bonds. The van der Waals surface area contributed by atoms with Gasteiger partial charge in [-0.25, -0.2) is 9.36 Å². The maximum Gasteiger partial charge on any atom is 0.472 e. The second-order valence-corrected chi connectivity index (χ2v) is 3.71. The predicted molar refractivity (Wildman–Crippen MR) is 48.6 cm³/mol. The molecule has 0 rings (SSSR count). The van der Waals surface area contributed by atoms with Crippen molar-refractivity contribution in [2.45, 2.75) is 6.92 Å². The zero-order chi connectivity index (χ0) is 11.9. The van der Waals surface area contributed by atoms with E-state index in [4.69, 9.17) is 4.89 Å². The van der Waals surface area contributed by atoms with Crippen LogP contribution in [-0.2, 0) is 23.1 Å². The van der Waals surface area contributed by atoms with E-state index in [1.807, 2.05) is 0 Å². The molecule has 8 heteroatoms. The van der Waals surface area contributed by atoms with E-state index in [9.17, 15) is 13.8 Å². The van der Waals surface area contributed by atoms with E-state index in [1.54, 1.807) is 0 Å². The number of rotatable bonds is 7. The summed E-state index contributed by atoms with van der Waals surface area (Å²) in [5.41, 5.74) is 0. The molecule has 0 aromatic heterocycles. The molecule has 1 unspecified atom stereocenters. The largest absolute Gasteiger partial charge is 0.472 e. The van der Waals surface area contributed by atoms with E-state index < -0.39 is 19.6 Å². The Morgan fingerprint density at radius 2 is 2.07 bits per heavy atom. The van der Waals surface area contributed by atoms with Gasteiger partial charge in [0, 0.05) is 0 Å². The standard InChI is InChI=1S/C7H12FO6P/c1-3-13-15(10,11)14-5-4-12-7(9)6(2)8/h2-5H2,1H3,(H,10,11). The normalized spacial score (nSPS) is 14.3. The van der Waals surface area contributed by atoms with Crippen molar-refractivity contribution in [2.75, 3.05) is 19.8 Å². The van der Waals surface area contributed by atoms with Crippen LogP contribution in [0.15, 0.2) is 12.4 Å². The summed E-state index contributed by atoms with van der Waals surface area (Å²) in [6.45, 7) is 3.49. The Bertz CT molecular complexity index is 279. The lowest BCUT2D eigenvalue weighted by Crippen LogP contribution is -2.10. The number of halogens is 1. The molecule has 0 fully saturated rings. The number of carbonyl (C=O) groups excluding carboxylic acids is 1. The van der Waals surface area contributed by atoms with E-state index in [1.165, 1.54) is 6.92 Å². The summed E-state index contributed by atoms with van der Waals surface area (Å²) >= 11 is 0. The van der Waals surface area contributed by atoms with E-state index in [0.717, 1.165) is 0 Å². The first-order valence-corrected chi connectivity index (χ1v) is 5.52. The maximum atomic E-state index is 12.0. The maximum absolute atomic E-state index is 12.0. The van der Waals surface area contributed by atoms with Crippen molar-refractivity contribution in [1.82, 2.24) is 0 Å². The van der Waals surface area contributed by atoms with Crippen molar-refractivity contribution in [3.63, 3.8) is 0 Å². The van der Waals surface area contributed by atoms with Gasteiger partial charge in [-0.05, 0) is 6.92 Å². The number of ether oxygens (including phenoxy) is 1. The fraction of sp³-hybridized carbons (Fsp3) is 0.571. The first-order valence-electron chi connectivity index (χ1n) is 4.02. The Morgan fingerprint density at radius 1 is 1.47 bits per heavy atom. The smallest absolute Gasteiger partial charge is 0.458 e. The third kappa shape index (κ3) is 7.21. The molecule has 0 spiro atoms. The van der Waals surface area contributed by atoms with Crippen LogP contribution in [0.1, 0.15) is 6.92 Å². The molecule has 1 atom stereocenters. The SMILES string of the molecule is C=C(F)C(=O)OCCOP(=O)(O)OCC. The lowest BCUT2D eigenvalue weighted by molar-refractivity contribution is -0.141.